The van der Waals surface area contributed by atoms with Crippen LogP contribution in [-0.4, -0.2) is 31.2 Å². The van der Waals surface area contributed by atoms with Crippen LogP contribution in [0.25, 0.3) is 0 Å². The van der Waals surface area contributed by atoms with Gasteiger partial charge in [0.05, 0.1) is 0 Å². The SMILES string of the molecule is Cl.NC1(C(=O)N2CCc3ccc(Cl)cc32)CCOCC1. The first-order valence-corrected chi connectivity index (χ1v) is 6.95. The van der Waals surface area contributed by atoms with Crippen molar-refractivity contribution in [2.45, 2.75) is 24.8 Å². The van der Waals surface area contributed by atoms with Gasteiger partial charge in [-0.3, -0.25) is 4.79 Å². The third kappa shape index (κ3) is 2.66. The Bertz CT molecular complexity index is 516. The average Bonchev–Trinajstić information content (AvgIpc) is 2.81. The molecule has 1 fully saturated rings. The molecule has 1 amide bonds. The molecule has 110 valence electrons. The molecule has 0 spiro atoms. The summed E-state index contributed by atoms with van der Waals surface area (Å²) < 4.78 is 5.29. The maximum atomic E-state index is 12.7. The Morgan fingerprint density at radius 2 is 2.05 bits per heavy atom. The molecule has 0 unspecified atom stereocenters. The fourth-order valence-electron chi connectivity index (χ4n) is 2.78. The minimum atomic E-state index is -0.790. The first-order chi connectivity index (χ1) is 9.10. The molecule has 0 bridgehead atoms. The highest BCUT2D eigenvalue weighted by molar-refractivity contribution is 6.31. The Kier molecular flexibility index (Phi) is 4.59. The Hall–Kier alpha value is -0.810. The van der Waals surface area contributed by atoms with Gasteiger partial charge >= 0.3 is 0 Å². The van der Waals surface area contributed by atoms with Crippen molar-refractivity contribution in [3.8, 4) is 0 Å². The molecule has 20 heavy (non-hydrogen) atoms. The summed E-state index contributed by atoms with van der Waals surface area (Å²) in [5.41, 5.74) is 7.56. The molecule has 4 nitrogen and oxygen atoms in total. The predicted molar refractivity (Wildman–Crippen MR) is 81.7 cm³/mol. The average molecular weight is 317 g/mol. The highest BCUT2D eigenvalue weighted by Gasteiger charge is 2.41. The van der Waals surface area contributed by atoms with Gasteiger partial charge in [0.15, 0.2) is 0 Å². The van der Waals surface area contributed by atoms with Crippen LogP contribution >= 0.6 is 24.0 Å². The predicted octanol–water partition coefficient (Wildman–Crippen LogP) is 2.16. The summed E-state index contributed by atoms with van der Waals surface area (Å²) in [4.78, 5) is 14.5. The van der Waals surface area contributed by atoms with Crippen LogP contribution in [0.1, 0.15) is 18.4 Å². The van der Waals surface area contributed by atoms with Gasteiger partial charge in [0.25, 0.3) is 0 Å². The maximum absolute atomic E-state index is 12.7. The van der Waals surface area contributed by atoms with Gasteiger partial charge in [-0.05, 0) is 37.0 Å². The molecule has 0 saturated carbocycles. The van der Waals surface area contributed by atoms with Crippen molar-refractivity contribution in [2.75, 3.05) is 24.7 Å². The van der Waals surface area contributed by atoms with E-state index in [-0.39, 0.29) is 18.3 Å². The number of anilines is 1. The number of hydrogen-bond donors (Lipinski definition) is 1. The highest BCUT2D eigenvalue weighted by Crippen LogP contribution is 2.33. The van der Waals surface area contributed by atoms with E-state index in [1.807, 2.05) is 18.2 Å². The number of halogens is 2. The zero-order valence-electron chi connectivity index (χ0n) is 11.1. The summed E-state index contributed by atoms with van der Waals surface area (Å²) in [7, 11) is 0. The minimum Gasteiger partial charge on any atom is -0.381 e. The van der Waals surface area contributed by atoms with Gasteiger partial charge in [0, 0.05) is 30.5 Å². The van der Waals surface area contributed by atoms with Crippen molar-refractivity contribution < 1.29 is 9.53 Å². The topological polar surface area (TPSA) is 55.6 Å². The Labute approximate surface area is 129 Å². The van der Waals surface area contributed by atoms with Crippen LogP contribution in [0.2, 0.25) is 5.02 Å². The number of hydrogen-bond acceptors (Lipinski definition) is 3. The number of amides is 1. The van der Waals surface area contributed by atoms with Gasteiger partial charge in [-0.25, -0.2) is 0 Å². The number of ether oxygens (including phenoxy) is 1. The lowest BCUT2D eigenvalue weighted by Crippen LogP contribution is -2.58. The Morgan fingerprint density at radius 3 is 2.75 bits per heavy atom. The first-order valence-electron chi connectivity index (χ1n) is 6.57. The summed E-state index contributed by atoms with van der Waals surface area (Å²) in [6.45, 7) is 1.80. The molecular formula is C14H18Cl2N2O2. The zero-order valence-corrected chi connectivity index (χ0v) is 12.7. The lowest BCUT2D eigenvalue weighted by atomic mass is 9.89. The fraction of sp³-hybridized carbons (Fsp3) is 0.500. The smallest absolute Gasteiger partial charge is 0.247 e. The van der Waals surface area contributed by atoms with E-state index in [4.69, 9.17) is 22.1 Å². The first kappa shape index (κ1) is 15.6. The van der Waals surface area contributed by atoms with E-state index in [1.165, 1.54) is 0 Å². The Morgan fingerprint density at radius 1 is 1.35 bits per heavy atom. The van der Waals surface area contributed by atoms with Crippen LogP contribution in [0.4, 0.5) is 5.69 Å². The maximum Gasteiger partial charge on any atom is 0.247 e. The van der Waals surface area contributed by atoms with Gasteiger partial charge in [0.2, 0.25) is 5.91 Å². The molecule has 1 aromatic carbocycles. The highest BCUT2D eigenvalue weighted by atomic mass is 35.5. The number of rotatable bonds is 1. The number of nitrogens with two attached hydrogens (primary N) is 1. The third-order valence-electron chi connectivity index (χ3n) is 4.00. The second kappa shape index (κ2) is 5.90. The molecule has 0 radical (unpaired) electrons. The summed E-state index contributed by atoms with van der Waals surface area (Å²) in [6.07, 6.45) is 2.03. The lowest BCUT2D eigenvalue weighted by Gasteiger charge is -2.35. The standard InChI is InChI=1S/C14H17ClN2O2.ClH/c15-11-2-1-10-3-6-17(12(10)9-11)13(18)14(16)4-7-19-8-5-14;/h1-2,9H,3-8,16H2;1H. The van der Waals surface area contributed by atoms with Gasteiger partial charge < -0.3 is 15.4 Å². The van der Waals surface area contributed by atoms with Crippen LogP contribution < -0.4 is 10.6 Å². The van der Waals surface area contributed by atoms with Crippen molar-refractivity contribution in [2.24, 2.45) is 5.73 Å². The van der Waals surface area contributed by atoms with Crippen molar-refractivity contribution in [1.29, 1.82) is 0 Å². The molecule has 1 saturated heterocycles. The molecule has 3 rings (SSSR count). The van der Waals surface area contributed by atoms with Crippen molar-refractivity contribution in [3.63, 3.8) is 0 Å². The van der Waals surface area contributed by atoms with E-state index >= 15 is 0 Å². The second-order valence-corrected chi connectivity index (χ2v) is 5.68. The summed E-state index contributed by atoms with van der Waals surface area (Å²) in [5, 5.41) is 0.650. The van der Waals surface area contributed by atoms with Crippen LogP contribution in [0.3, 0.4) is 0 Å². The molecule has 2 heterocycles. The summed E-state index contributed by atoms with van der Waals surface area (Å²) in [5.74, 6) is -0.00295. The molecule has 1 aromatic rings. The van der Waals surface area contributed by atoms with Crippen molar-refractivity contribution >= 4 is 35.6 Å². The molecule has 6 heteroatoms. The van der Waals surface area contributed by atoms with Crippen molar-refractivity contribution in [3.05, 3.63) is 28.8 Å². The molecule has 2 aliphatic heterocycles. The van der Waals surface area contributed by atoms with E-state index in [2.05, 4.69) is 0 Å². The molecule has 0 atom stereocenters. The fourth-order valence-corrected chi connectivity index (χ4v) is 2.95. The van der Waals surface area contributed by atoms with Crippen molar-refractivity contribution in [1.82, 2.24) is 0 Å². The molecule has 0 aromatic heterocycles. The second-order valence-electron chi connectivity index (χ2n) is 5.25. The van der Waals surface area contributed by atoms with E-state index in [1.54, 1.807) is 4.90 Å². The van der Waals surface area contributed by atoms with E-state index in [9.17, 15) is 4.79 Å². The summed E-state index contributed by atoms with van der Waals surface area (Å²) in [6, 6.07) is 5.70. The number of carbonyl (C=O) groups is 1. The number of nitrogens with zero attached hydrogens (tertiary/aromatic N) is 1. The molecular weight excluding hydrogens is 299 g/mol. The molecule has 0 aliphatic carbocycles. The summed E-state index contributed by atoms with van der Waals surface area (Å²) >= 11 is 6.02. The van der Waals surface area contributed by atoms with Gasteiger partial charge in [0.1, 0.15) is 5.54 Å². The number of carbonyl (C=O) groups excluding carboxylic acids is 1. The van der Waals surface area contributed by atoms with E-state index in [0.717, 1.165) is 17.7 Å². The monoisotopic (exact) mass is 316 g/mol. The van der Waals surface area contributed by atoms with Crippen LogP contribution in [0.5, 0.6) is 0 Å². The van der Waals surface area contributed by atoms with Crippen LogP contribution in [0.15, 0.2) is 18.2 Å². The van der Waals surface area contributed by atoms with Gasteiger partial charge in [-0.15, -0.1) is 12.4 Å². The number of benzene rings is 1. The molecule has 2 aliphatic rings. The van der Waals surface area contributed by atoms with Gasteiger partial charge in [-0.2, -0.15) is 0 Å². The minimum absolute atomic E-state index is 0. The molecule has 2 N–H and O–H groups in total. The lowest BCUT2D eigenvalue weighted by molar-refractivity contribution is -0.126. The Balaban J connectivity index is 0.00000147. The van der Waals surface area contributed by atoms with Gasteiger partial charge in [-0.1, -0.05) is 17.7 Å². The van der Waals surface area contributed by atoms with Crippen LogP contribution in [0, 0.1) is 0 Å². The quantitative estimate of drug-likeness (QED) is 0.863. The van der Waals surface area contributed by atoms with E-state index in [0.29, 0.717) is 37.6 Å². The number of fused-ring (bicyclic) bond motifs is 1. The van der Waals surface area contributed by atoms with Crippen LogP contribution in [-0.2, 0) is 16.0 Å². The largest absolute Gasteiger partial charge is 0.381 e. The zero-order chi connectivity index (χ0) is 13.5. The normalized spacial score (nSPS) is 20.2. The third-order valence-corrected chi connectivity index (χ3v) is 4.23. The van der Waals surface area contributed by atoms with E-state index < -0.39 is 5.54 Å².